The number of carbonyl (C=O) groups excluding carboxylic acids is 1. The first kappa shape index (κ1) is 89.1. The summed E-state index contributed by atoms with van der Waals surface area (Å²) in [5, 5.41) is 1.29. The molecule has 0 radical (unpaired) electrons. The van der Waals surface area contributed by atoms with E-state index in [9.17, 15) is 13.6 Å². The number of ether oxygens (including phenoxy) is 1. The fourth-order valence-corrected chi connectivity index (χ4v) is 15.1. The molecule has 0 spiro atoms. The topological polar surface area (TPSA) is 61.5 Å². The van der Waals surface area contributed by atoms with Crippen molar-refractivity contribution in [1.29, 1.82) is 0 Å². The highest BCUT2D eigenvalue weighted by atomic mass is 79.9. The molecule has 0 saturated carbocycles. The first-order valence-corrected chi connectivity index (χ1v) is 41.1. The van der Waals surface area contributed by atoms with E-state index in [-0.39, 0.29) is 17.6 Å². The van der Waals surface area contributed by atoms with Gasteiger partial charge in [0.15, 0.2) is 0 Å². The largest absolute Gasteiger partial charge is 0.469 e. The maximum Gasteiger partial charge on any atom is 0.305 e. The minimum atomic E-state index is -0.232. The number of likely N-dealkylation sites (tertiary alicyclic amines) is 1. The molecule has 9 nitrogen and oxygen atoms in total. The molecule has 1 aromatic heterocycles. The third kappa shape index (κ3) is 31.8. The zero-order valence-corrected chi connectivity index (χ0v) is 69.1. The fraction of sp³-hybridized carbons (Fsp3) is 0.317. The Balaban J connectivity index is 0.000000172. The van der Waals surface area contributed by atoms with Gasteiger partial charge in [0.1, 0.15) is 11.6 Å². The molecule has 10 aromatic rings. The van der Waals surface area contributed by atoms with Gasteiger partial charge in [0, 0.05) is 138 Å². The highest BCUT2D eigenvalue weighted by Gasteiger charge is 2.26. The lowest BCUT2D eigenvalue weighted by Crippen LogP contribution is -2.28. The van der Waals surface area contributed by atoms with E-state index in [1.165, 1.54) is 142 Å². The van der Waals surface area contributed by atoms with E-state index in [0.29, 0.717) is 24.8 Å². The molecule has 4 heterocycles. The average Bonchev–Trinajstić information content (AvgIpc) is 1.76. The molecule has 3 aliphatic rings. The Labute approximate surface area is 684 Å². The molecule has 0 amide bonds. The summed E-state index contributed by atoms with van der Waals surface area (Å²) in [6.45, 7) is 44.9. The van der Waals surface area contributed by atoms with Gasteiger partial charge in [0.2, 0.25) is 0 Å². The summed E-state index contributed by atoms with van der Waals surface area (Å²) in [6, 6.07) is 76.2. The van der Waals surface area contributed by atoms with Crippen LogP contribution in [0.25, 0.3) is 10.9 Å². The third-order valence-corrected chi connectivity index (χ3v) is 21.2. The summed E-state index contributed by atoms with van der Waals surface area (Å²) in [7, 11) is 1.39. The number of rotatable bonds is 29. The van der Waals surface area contributed by atoms with Gasteiger partial charge in [-0.3, -0.25) is 34.2 Å². The fourth-order valence-electron chi connectivity index (χ4n) is 14.9. The number of aromatic nitrogens is 1. The van der Waals surface area contributed by atoms with Crippen LogP contribution in [-0.4, -0.2) is 139 Å². The summed E-state index contributed by atoms with van der Waals surface area (Å²) in [5.41, 5.74) is 18.9. The quantitative estimate of drug-likeness (QED) is 0.0368. The van der Waals surface area contributed by atoms with Gasteiger partial charge in [-0.1, -0.05) is 258 Å². The van der Waals surface area contributed by atoms with Crippen LogP contribution in [0, 0.1) is 25.5 Å². The Morgan fingerprint density at radius 3 is 1.38 bits per heavy atom. The number of aromatic amines is 1. The molecular weight excluding hydrogens is 1460 g/mol. The second kappa shape index (κ2) is 50.6. The Morgan fingerprint density at radius 1 is 0.478 bits per heavy atom. The zero-order valence-electron chi connectivity index (χ0n) is 67.5. The van der Waals surface area contributed by atoms with E-state index < -0.39 is 0 Å². The van der Waals surface area contributed by atoms with Crippen molar-refractivity contribution >= 4 is 32.8 Å². The van der Waals surface area contributed by atoms with Crippen LogP contribution in [0.4, 0.5) is 8.78 Å². The van der Waals surface area contributed by atoms with E-state index in [1.54, 1.807) is 12.1 Å². The predicted octanol–water partition coefficient (Wildman–Crippen LogP) is 22.3. The number of carbonyl (C=O) groups is 1. The van der Waals surface area contributed by atoms with Crippen LogP contribution in [0.2, 0.25) is 0 Å². The van der Waals surface area contributed by atoms with Crippen molar-refractivity contribution in [2.24, 2.45) is 0 Å². The smallest absolute Gasteiger partial charge is 0.305 e. The number of hydrogen-bond donors (Lipinski definition) is 1. The Bertz CT molecular complexity index is 4370. The van der Waals surface area contributed by atoms with Crippen molar-refractivity contribution in [2.45, 2.75) is 110 Å². The maximum absolute atomic E-state index is 13.0. The third-order valence-electron chi connectivity index (χ3n) is 20.7. The van der Waals surface area contributed by atoms with Crippen molar-refractivity contribution < 1.29 is 18.3 Å². The molecule has 0 bridgehead atoms. The van der Waals surface area contributed by atoms with Gasteiger partial charge >= 0.3 is 5.97 Å². The molecule has 113 heavy (non-hydrogen) atoms. The highest BCUT2D eigenvalue weighted by molar-refractivity contribution is 9.10. The summed E-state index contributed by atoms with van der Waals surface area (Å²) in [6.07, 6.45) is 23.8. The first-order chi connectivity index (χ1) is 55.2. The SMILES string of the molecule is C=CCN(CCCC(=O)OC)Cc1ccc(F)cc1.C=CCN(CCc1c[nH]c2ccccc12)Cc1ccc(F)cc1.C=CCN(Cc1ccccc1)Cc1ccccc1.C=CCN1CCCCCC1.C=CCN1CCc2ccc(C)cc2C(c2ccc(Br)cc2)C1.C=CCN1CCc2ccc(C)cc2C(c2ccccc2)C1. The molecule has 1 N–H and O–H groups in total. The van der Waals surface area contributed by atoms with E-state index >= 15 is 0 Å². The second-order valence-electron chi connectivity index (χ2n) is 29.6. The summed E-state index contributed by atoms with van der Waals surface area (Å²) in [4.78, 5) is 28.7. The molecular formula is C101H122BrF2N7O2. The number of benzene rings is 9. The highest BCUT2D eigenvalue weighted by Crippen LogP contribution is 2.35. The lowest BCUT2D eigenvalue weighted by atomic mass is 9.87. The molecule has 3 aliphatic heterocycles. The Hall–Kier alpha value is -9.47. The number of fused-ring (bicyclic) bond motifs is 3. The molecule has 12 heteroatoms. The van der Waals surface area contributed by atoms with Crippen LogP contribution >= 0.6 is 15.9 Å². The first-order valence-electron chi connectivity index (χ1n) is 40.4. The van der Waals surface area contributed by atoms with Gasteiger partial charge in [0.25, 0.3) is 0 Å². The maximum atomic E-state index is 13.0. The van der Waals surface area contributed by atoms with Crippen LogP contribution in [0.1, 0.15) is 123 Å². The van der Waals surface area contributed by atoms with Gasteiger partial charge in [-0.05, 0) is 176 Å². The number of hydrogen-bond acceptors (Lipinski definition) is 8. The molecule has 594 valence electrons. The number of halogens is 3. The molecule has 2 atom stereocenters. The van der Waals surface area contributed by atoms with Gasteiger partial charge in [-0.15, -0.1) is 39.5 Å². The van der Waals surface area contributed by atoms with E-state index in [1.807, 2.05) is 54.7 Å². The normalized spacial score (nSPS) is 14.8. The van der Waals surface area contributed by atoms with E-state index in [0.717, 1.165) is 139 Å². The molecule has 1 saturated heterocycles. The van der Waals surface area contributed by atoms with E-state index in [2.05, 4.69) is 284 Å². The van der Waals surface area contributed by atoms with Crippen molar-refractivity contribution in [3.8, 4) is 0 Å². The predicted molar refractivity (Wildman–Crippen MR) is 477 cm³/mol. The molecule has 1 fully saturated rings. The molecule has 0 aliphatic carbocycles. The monoisotopic (exact) mass is 1580 g/mol. The van der Waals surface area contributed by atoms with Gasteiger partial charge in [-0.2, -0.15) is 0 Å². The minimum Gasteiger partial charge on any atom is -0.469 e. The Morgan fingerprint density at radius 2 is 0.903 bits per heavy atom. The number of H-pyrrole nitrogens is 1. The lowest BCUT2D eigenvalue weighted by Gasteiger charge is -2.24. The average molecular weight is 1580 g/mol. The van der Waals surface area contributed by atoms with Gasteiger partial charge in [0.05, 0.1) is 7.11 Å². The number of aryl methyl sites for hydroxylation is 2. The lowest BCUT2D eigenvalue weighted by molar-refractivity contribution is -0.140. The summed E-state index contributed by atoms with van der Waals surface area (Å²) < 4.78 is 31.6. The van der Waals surface area contributed by atoms with Crippen LogP contribution in [0.3, 0.4) is 0 Å². The Kier molecular flexibility index (Phi) is 39.9. The van der Waals surface area contributed by atoms with Crippen molar-refractivity contribution in [3.05, 3.63) is 395 Å². The summed E-state index contributed by atoms with van der Waals surface area (Å²) >= 11 is 3.54. The second-order valence-corrected chi connectivity index (χ2v) is 30.5. The van der Waals surface area contributed by atoms with Crippen LogP contribution in [-0.2, 0) is 55.0 Å². The van der Waals surface area contributed by atoms with Crippen LogP contribution in [0.5, 0.6) is 0 Å². The molecule has 2 unspecified atom stereocenters. The standard InChI is InChI=1S/C20H22BrN.C20H21FN2.C20H23N.C17H19N.C15H20FNO2.C9H17N/c1-3-11-22-12-10-17-5-4-15(2)13-19(17)20(14-22)16-6-8-18(21)9-7-16;1-2-12-23(15-16-7-9-18(21)10-8-16)13-11-17-14-22-20-6-4-3-5-19(17)20;1-3-12-21-13-11-18-10-9-16(2)14-19(18)20(15-21)17-7-5-4-6-8-17;1-2-13-18(14-16-9-5-3-6-10-16)15-17-11-7-4-8-12-17;1-3-10-17(11-4-5-15(18)19-2)12-13-6-8-14(16)9-7-13;1-2-7-10-8-5-3-4-6-9-10/h3-9,13,20H,1,10-12,14H2,2H3;2-10,14,22H,1,11-13,15H2;3-10,14,20H,1,11-13,15H2,2H3;2-12H,1,13-15H2;3,6-9H,1,4-5,10-12H2,2H3;2H,1,3-9H2. The van der Waals surface area contributed by atoms with Crippen molar-refractivity contribution in [2.75, 3.05) is 98.7 Å². The van der Waals surface area contributed by atoms with Gasteiger partial charge in [-0.25, -0.2) is 8.78 Å². The van der Waals surface area contributed by atoms with E-state index in [4.69, 9.17) is 0 Å². The summed E-state index contributed by atoms with van der Waals surface area (Å²) in [5.74, 6) is 0.280. The number of para-hydroxylation sites is 1. The number of nitrogens with one attached hydrogen (secondary N) is 1. The van der Waals surface area contributed by atoms with Crippen LogP contribution in [0.15, 0.2) is 311 Å². The van der Waals surface area contributed by atoms with Gasteiger partial charge < -0.3 is 9.72 Å². The number of nitrogens with zero attached hydrogens (tertiary/aromatic N) is 6. The van der Waals surface area contributed by atoms with Crippen molar-refractivity contribution in [1.82, 2.24) is 34.4 Å². The molecule has 9 aromatic carbocycles. The van der Waals surface area contributed by atoms with Crippen molar-refractivity contribution in [3.63, 3.8) is 0 Å². The number of esters is 1. The zero-order chi connectivity index (χ0) is 80.2. The van der Waals surface area contributed by atoms with Crippen LogP contribution < -0.4 is 0 Å². The number of methoxy groups -OCH3 is 1. The minimum absolute atomic E-state index is 0.192. The molecule has 13 rings (SSSR count).